The third-order valence-electron chi connectivity index (χ3n) is 5.46. The summed E-state index contributed by atoms with van der Waals surface area (Å²) in [5.74, 6) is -0.204. The van der Waals surface area contributed by atoms with Gasteiger partial charge in [-0.15, -0.1) is 11.3 Å². The van der Waals surface area contributed by atoms with Crippen LogP contribution < -0.4 is 10.6 Å². The second-order valence-corrected chi connectivity index (χ2v) is 8.08. The second kappa shape index (κ2) is 8.77. The summed E-state index contributed by atoms with van der Waals surface area (Å²) in [6, 6.07) is 0.0290. The van der Waals surface area contributed by atoms with E-state index in [0.717, 1.165) is 24.0 Å². The van der Waals surface area contributed by atoms with Crippen molar-refractivity contribution in [2.75, 3.05) is 7.05 Å². The first-order chi connectivity index (χ1) is 12.6. The molecule has 0 aromatic carbocycles. The van der Waals surface area contributed by atoms with Gasteiger partial charge in [-0.25, -0.2) is 0 Å². The van der Waals surface area contributed by atoms with Crippen molar-refractivity contribution in [3.8, 4) is 0 Å². The molecule has 2 heterocycles. The summed E-state index contributed by atoms with van der Waals surface area (Å²) in [5, 5.41) is 8.10. The minimum atomic E-state index is -0.545. The highest BCUT2D eigenvalue weighted by molar-refractivity contribution is 7.10. The summed E-state index contributed by atoms with van der Waals surface area (Å²) < 4.78 is 0. The van der Waals surface area contributed by atoms with Gasteiger partial charge in [0.25, 0.3) is 5.91 Å². The van der Waals surface area contributed by atoms with Crippen LogP contribution in [0.5, 0.6) is 0 Å². The van der Waals surface area contributed by atoms with E-state index in [0.29, 0.717) is 19.0 Å². The molecule has 3 rings (SSSR count). The molecule has 142 valence electrons. The smallest absolute Gasteiger partial charge is 0.255 e. The lowest BCUT2D eigenvalue weighted by atomic mass is 9.95. The lowest BCUT2D eigenvalue weighted by Gasteiger charge is -2.24. The molecule has 26 heavy (non-hydrogen) atoms. The van der Waals surface area contributed by atoms with Crippen LogP contribution in [0.1, 0.15) is 65.7 Å². The van der Waals surface area contributed by atoms with E-state index in [1.165, 1.54) is 37.0 Å². The average molecular weight is 378 g/mol. The Hall–Kier alpha value is -1.73. The van der Waals surface area contributed by atoms with Crippen molar-refractivity contribution in [2.45, 2.75) is 70.1 Å². The van der Waals surface area contributed by atoms with Crippen molar-refractivity contribution in [2.24, 2.45) is 0 Å². The molecule has 2 amide bonds. The van der Waals surface area contributed by atoms with Gasteiger partial charge in [0.15, 0.2) is 0 Å². The number of nitrogens with one attached hydrogen (secondary N) is 2. The molecule has 0 saturated heterocycles. The number of amides is 2. The zero-order valence-electron chi connectivity index (χ0n) is 15.3. The lowest BCUT2D eigenvalue weighted by Crippen LogP contribution is -2.37. The van der Waals surface area contributed by atoms with Crippen LogP contribution in [-0.2, 0) is 22.7 Å². The topological polar surface area (TPSA) is 78.5 Å². The molecule has 7 heteroatoms. The van der Waals surface area contributed by atoms with Crippen LogP contribution >= 0.6 is 11.3 Å². The number of thiophene rings is 1. The van der Waals surface area contributed by atoms with E-state index in [-0.39, 0.29) is 18.2 Å². The van der Waals surface area contributed by atoms with Gasteiger partial charge in [0.2, 0.25) is 5.91 Å². The second-order valence-electron chi connectivity index (χ2n) is 7.12. The van der Waals surface area contributed by atoms with Crippen LogP contribution in [0.2, 0.25) is 0 Å². The molecule has 2 N–H and O–H groups in total. The van der Waals surface area contributed by atoms with E-state index in [1.807, 2.05) is 5.38 Å². The van der Waals surface area contributed by atoms with Gasteiger partial charge in [-0.05, 0) is 24.8 Å². The molecule has 1 fully saturated rings. The molecule has 0 spiro atoms. The molecule has 1 atom stereocenters. The molecule has 1 aliphatic carbocycles. The van der Waals surface area contributed by atoms with Crippen LogP contribution in [0.25, 0.3) is 0 Å². The van der Waals surface area contributed by atoms with Gasteiger partial charge in [0, 0.05) is 42.9 Å². The lowest BCUT2D eigenvalue weighted by molar-refractivity contribution is -0.121. The third kappa shape index (κ3) is 4.15. The van der Waals surface area contributed by atoms with E-state index in [9.17, 15) is 14.4 Å². The molecular weight excluding hydrogens is 350 g/mol. The molecule has 1 aromatic rings. The first-order valence-corrected chi connectivity index (χ1v) is 10.3. The Kier molecular flexibility index (Phi) is 6.43. The highest BCUT2D eigenvalue weighted by Gasteiger charge is 2.35. The standard InChI is InChI=1S/C19H27N3O3S/c1-20-18(24)8-7-14(11-23)22-10-15-16(19(22)25)12-26-17(15)9-21-13-5-3-2-4-6-13/h11-14,21H,2-10H2,1H3,(H,20,24). The van der Waals surface area contributed by atoms with Gasteiger partial charge in [-0.3, -0.25) is 9.59 Å². The SMILES string of the molecule is CNC(=O)CCC(C=O)N1Cc2c(csc2CNC2CCCCC2)C1=O. The number of carbonyl (C=O) groups is 3. The summed E-state index contributed by atoms with van der Waals surface area (Å²) in [6.07, 6.45) is 7.76. The molecular formula is C19H27N3O3S. The maximum atomic E-state index is 12.7. The molecule has 6 nitrogen and oxygen atoms in total. The Bertz CT molecular complexity index is 667. The molecule has 2 aliphatic rings. The Morgan fingerprint density at radius 1 is 1.38 bits per heavy atom. The van der Waals surface area contributed by atoms with Crippen molar-refractivity contribution in [3.05, 3.63) is 21.4 Å². The van der Waals surface area contributed by atoms with Crippen molar-refractivity contribution in [1.29, 1.82) is 0 Å². The van der Waals surface area contributed by atoms with Gasteiger partial charge in [-0.1, -0.05) is 19.3 Å². The van der Waals surface area contributed by atoms with Crippen LogP contribution in [0.4, 0.5) is 0 Å². The van der Waals surface area contributed by atoms with Gasteiger partial charge < -0.3 is 20.3 Å². The molecule has 0 bridgehead atoms. The first-order valence-electron chi connectivity index (χ1n) is 9.43. The Labute approximate surface area is 158 Å². The monoisotopic (exact) mass is 377 g/mol. The van der Waals surface area contributed by atoms with Crippen molar-refractivity contribution < 1.29 is 14.4 Å². The van der Waals surface area contributed by atoms with Crippen LogP contribution in [0, 0.1) is 0 Å². The minimum Gasteiger partial charge on any atom is -0.359 e. The molecule has 1 unspecified atom stereocenters. The maximum Gasteiger partial charge on any atom is 0.255 e. The Balaban J connectivity index is 1.62. The number of rotatable bonds is 8. The van der Waals surface area contributed by atoms with E-state index in [4.69, 9.17) is 0 Å². The van der Waals surface area contributed by atoms with Crippen molar-refractivity contribution >= 4 is 29.4 Å². The fraction of sp³-hybridized carbons (Fsp3) is 0.632. The highest BCUT2D eigenvalue weighted by atomic mass is 32.1. The number of nitrogens with zero attached hydrogens (tertiary/aromatic N) is 1. The van der Waals surface area contributed by atoms with Crippen molar-refractivity contribution in [1.82, 2.24) is 15.5 Å². The van der Waals surface area contributed by atoms with E-state index in [2.05, 4.69) is 10.6 Å². The Morgan fingerprint density at radius 3 is 2.85 bits per heavy atom. The third-order valence-corrected chi connectivity index (χ3v) is 6.49. The predicted octanol–water partition coefficient (Wildman–Crippen LogP) is 2.22. The summed E-state index contributed by atoms with van der Waals surface area (Å²) in [4.78, 5) is 38.4. The number of aldehydes is 1. The molecule has 1 aliphatic heterocycles. The van der Waals surface area contributed by atoms with E-state index >= 15 is 0 Å². The number of carbonyl (C=O) groups excluding carboxylic acids is 3. The van der Waals surface area contributed by atoms with E-state index < -0.39 is 6.04 Å². The van der Waals surface area contributed by atoms with Crippen LogP contribution in [-0.4, -0.2) is 42.1 Å². The van der Waals surface area contributed by atoms with Crippen molar-refractivity contribution in [3.63, 3.8) is 0 Å². The fourth-order valence-electron chi connectivity index (χ4n) is 3.83. The Morgan fingerprint density at radius 2 is 2.15 bits per heavy atom. The van der Waals surface area contributed by atoms with Crippen LogP contribution in [0.15, 0.2) is 5.38 Å². The summed E-state index contributed by atoms with van der Waals surface area (Å²) in [5.41, 5.74) is 1.78. The predicted molar refractivity (Wildman–Crippen MR) is 101 cm³/mol. The number of hydrogen-bond donors (Lipinski definition) is 2. The number of hydrogen-bond acceptors (Lipinski definition) is 5. The maximum absolute atomic E-state index is 12.7. The van der Waals surface area contributed by atoms with Gasteiger partial charge in [-0.2, -0.15) is 0 Å². The van der Waals surface area contributed by atoms with Crippen LogP contribution in [0.3, 0.4) is 0 Å². The zero-order chi connectivity index (χ0) is 18.5. The zero-order valence-corrected chi connectivity index (χ0v) is 16.1. The summed E-state index contributed by atoms with van der Waals surface area (Å²) >= 11 is 1.63. The van der Waals surface area contributed by atoms with Gasteiger partial charge in [0.05, 0.1) is 11.6 Å². The minimum absolute atomic E-state index is 0.0887. The average Bonchev–Trinajstić information content (AvgIpc) is 3.22. The normalized spacial score (nSPS) is 18.7. The summed E-state index contributed by atoms with van der Waals surface area (Å²) in [6.45, 7) is 1.26. The molecule has 0 radical (unpaired) electrons. The largest absolute Gasteiger partial charge is 0.359 e. The summed E-state index contributed by atoms with van der Waals surface area (Å²) in [7, 11) is 1.57. The molecule has 1 aromatic heterocycles. The fourth-order valence-corrected chi connectivity index (χ4v) is 4.82. The highest BCUT2D eigenvalue weighted by Crippen LogP contribution is 2.33. The number of fused-ring (bicyclic) bond motifs is 1. The van der Waals surface area contributed by atoms with E-state index in [1.54, 1.807) is 23.3 Å². The van der Waals surface area contributed by atoms with Gasteiger partial charge >= 0.3 is 0 Å². The quantitative estimate of drug-likeness (QED) is 0.681. The first kappa shape index (κ1) is 19.0. The van der Waals surface area contributed by atoms with Gasteiger partial charge in [0.1, 0.15) is 6.29 Å². The molecule has 1 saturated carbocycles.